The Hall–Kier alpha value is -1.95. The van der Waals surface area contributed by atoms with Gasteiger partial charge in [0.2, 0.25) is 0 Å². The molecule has 0 amide bonds. The first-order chi connectivity index (χ1) is 13.4. The van der Waals surface area contributed by atoms with Crippen molar-refractivity contribution in [1.82, 2.24) is 20.2 Å². The van der Waals surface area contributed by atoms with Gasteiger partial charge in [-0.3, -0.25) is 10.1 Å². The van der Waals surface area contributed by atoms with Crippen LogP contribution in [0.2, 0.25) is 0 Å². The number of anilines is 1. The van der Waals surface area contributed by atoms with Crippen molar-refractivity contribution in [2.45, 2.75) is 31.1 Å². The summed E-state index contributed by atoms with van der Waals surface area (Å²) in [6.07, 6.45) is -1.43. The second-order valence-corrected chi connectivity index (χ2v) is 8.07. The number of aromatic nitrogens is 4. The number of hydrogen-bond acceptors (Lipinski definition) is 5. The van der Waals surface area contributed by atoms with Crippen molar-refractivity contribution in [3.05, 3.63) is 33.8 Å². The average Bonchev–Trinajstić information content (AvgIpc) is 3.16. The number of nitrogens with one attached hydrogen (secondary N) is 1. The number of aromatic amines is 1. The zero-order valence-corrected chi connectivity index (χ0v) is 16.7. The molecule has 0 radical (unpaired) electrons. The highest BCUT2D eigenvalue weighted by Gasteiger charge is 2.40. The smallest absolute Gasteiger partial charge is 0.377 e. The molecule has 2 atom stereocenters. The number of halogens is 4. The Bertz CT molecular complexity index is 1040. The normalized spacial score (nSPS) is 22.2. The molecule has 2 aliphatic heterocycles. The van der Waals surface area contributed by atoms with Crippen molar-refractivity contribution < 1.29 is 17.9 Å². The maximum Gasteiger partial charge on any atom is 0.433 e. The second-order valence-electron chi connectivity index (χ2n) is 6.99. The van der Waals surface area contributed by atoms with E-state index in [1.54, 1.807) is 6.07 Å². The summed E-state index contributed by atoms with van der Waals surface area (Å²) in [5.41, 5.74) is -0.0387. The molecule has 0 spiro atoms. The Kier molecular flexibility index (Phi) is 4.23. The quantitative estimate of drug-likeness (QED) is 0.538. The summed E-state index contributed by atoms with van der Waals surface area (Å²) in [5, 5.41) is 7.63. The van der Waals surface area contributed by atoms with Gasteiger partial charge in [-0.15, -0.1) is 0 Å². The van der Waals surface area contributed by atoms with Gasteiger partial charge in [-0.25, -0.2) is 4.98 Å². The zero-order chi connectivity index (χ0) is 19.5. The molecule has 1 N–H and O–H groups in total. The van der Waals surface area contributed by atoms with E-state index in [2.05, 4.69) is 25.1 Å². The van der Waals surface area contributed by atoms with Crippen molar-refractivity contribution in [2.24, 2.45) is 0 Å². The maximum absolute atomic E-state index is 13.6. The SMILES string of the molecule is FC(F)(F)c1ncccc1-c1cc(N2C3CCC2COC3)nc2n[nH]c(I)c12. The second kappa shape index (κ2) is 6.55. The summed E-state index contributed by atoms with van der Waals surface area (Å²) in [6.45, 7) is 1.20. The summed E-state index contributed by atoms with van der Waals surface area (Å²) < 4.78 is 47.1. The van der Waals surface area contributed by atoms with Crippen molar-refractivity contribution in [1.29, 1.82) is 0 Å². The highest BCUT2D eigenvalue weighted by molar-refractivity contribution is 14.1. The Morgan fingerprint density at radius 3 is 2.64 bits per heavy atom. The molecule has 2 saturated heterocycles. The van der Waals surface area contributed by atoms with E-state index in [1.165, 1.54) is 12.1 Å². The van der Waals surface area contributed by atoms with Crippen molar-refractivity contribution in [2.75, 3.05) is 18.1 Å². The Morgan fingerprint density at radius 2 is 1.93 bits per heavy atom. The number of morpholine rings is 1. The number of fused-ring (bicyclic) bond motifs is 3. The van der Waals surface area contributed by atoms with E-state index in [1.807, 2.05) is 22.6 Å². The minimum atomic E-state index is -4.56. The molecule has 0 aromatic carbocycles. The summed E-state index contributed by atoms with van der Waals surface area (Å²) in [6, 6.07) is 5.08. The van der Waals surface area contributed by atoms with E-state index < -0.39 is 11.9 Å². The lowest BCUT2D eigenvalue weighted by molar-refractivity contribution is -0.140. The molecule has 2 aliphatic rings. The average molecular weight is 501 g/mol. The molecule has 5 heterocycles. The first-order valence-corrected chi connectivity index (χ1v) is 9.94. The number of ether oxygens (including phenoxy) is 1. The van der Waals surface area contributed by atoms with Crippen molar-refractivity contribution in [3.63, 3.8) is 0 Å². The van der Waals surface area contributed by atoms with Crippen molar-refractivity contribution >= 4 is 39.4 Å². The highest BCUT2D eigenvalue weighted by atomic mass is 127. The Balaban J connectivity index is 1.75. The molecule has 2 fully saturated rings. The molecule has 10 heteroatoms. The fourth-order valence-electron chi connectivity index (χ4n) is 4.17. The van der Waals surface area contributed by atoms with E-state index >= 15 is 0 Å². The number of H-pyrrole nitrogens is 1. The molecule has 6 nitrogen and oxygen atoms in total. The first kappa shape index (κ1) is 18.1. The van der Waals surface area contributed by atoms with Gasteiger partial charge in [0.15, 0.2) is 11.3 Å². The molecule has 2 bridgehead atoms. The van der Waals surface area contributed by atoms with Gasteiger partial charge in [0.25, 0.3) is 0 Å². The third kappa shape index (κ3) is 2.84. The van der Waals surface area contributed by atoms with Gasteiger partial charge in [-0.05, 0) is 47.6 Å². The van der Waals surface area contributed by atoms with Gasteiger partial charge in [0.1, 0.15) is 9.52 Å². The first-order valence-electron chi connectivity index (χ1n) is 8.87. The highest BCUT2D eigenvalue weighted by Crippen LogP contribution is 2.41. The van der Waals surface area contributed by atoms with Gasteiger partial charge >= 0.3 is 6.18 Å². The van der Waals surface area contributed by atoms with Gasteiger partial charge in [-0.1, -0.05) is 6.07 Å². The third-order valence-corrected chi connectivity index (χ3v) is 6.12. The van der Waals surface area contributed by atoms with E-state index in [-0.39, 0.29) is 17.6 Å². The van der Waals surface area contributed by atoms with Crippen LogP contribution in [0.15, 0.2) is 24.4 Å². The predicted molar refractivity (Wildman–Crippen MR) is 105 cm³/mol. The zero-order valence-electron chi connectivity index (χ0n) is 14.5. The molecule has 2 unspecified atom stereocenters. The van der Waals surface area contributed by atoms with Gasteiger partial charge in [0.05, 0.1) is 30.7 Å². The predicted octanol–water partition coefficient (Wildman–Crippen LogP) is 4.01. The van der Waals surface area contributed by atoms with Gasteiger partial charge in [0, 0.05) is 17.3 Å². The number of alkyl halides is 3. The lowest BCUT2D eigenvalue weighted by atomic mass is 10.0. The molecule has 3 aromatic rings. The third-order valence-electron chi connectivity index (χ3n) is 5.34. The van der Waals surface area contributed by atoms with Crippen LogP contribution in [0.25, 0.3) is 22.2 Å². The lowest BCUT2D eigenvalue weighted by Crippen LogP contribution is -2.46. The van der Waals surface area contributed by atoms with Crippen molar-refractivity contribution in [3.8, 4) is 11.1 Å². The van der Waals surface area contributed by atoms with E-state index in [0.29, 0.717) is 39.3 Å². The molecular formula is C18H15F3IN5O. The van der Waals surface area contributed by atoms with Crippen LogP contribution in [0.3, 0.4) is 0 Å². The van der Waals surface area contributed by atoms with Gasteiger partial charge < -0.3 is 9.64 Å². The van der Waals surface area contributed by atoms with Crippen LogP contribution < -0.4 is 4.90 Å². The molecular weight excluding hydrogens is 486 g/mol. The van der Waals surface area contributed by atoms with Crippen LogP contribution in [-0.2, 0) is 10.9 Å². The fraction of sp³-hybridized carbons (Fsp3) is 0.389. The molecule has 0 saturated carbocycles. The van der Waals surface area contributed by atoms with Crippen LogP contribution in [0, 0.1) is 3.70 Å². The number of nitrogens with zero attached hydrogens (tertiary/aromatic N) is 4. The Morgan fingerprint density at radius 1 is 1.18 bits per heavy atom. The van der Waals surface area contributed by atoms with Crippen LogP contribution in [0.4, 0.5) is 19.0 Å². The monoisotopic (exact) mass is 501 g/mol. The summed E-state index contributed by atoms with van der Waals surface area (Å²) in [7, 11) is 0. The molecule has 146 valence electrons. The summed E-state index contributed by atoms with van der Waals surface area (Å²) in [4.78, 5) is 10.5. The lowest BCUT2D eigenvalue weighted by Gasteiger charge is -2.35. The van der Waals surface area contributed by atoms with Crippen LogP contribution >= 0.6 is 22.6 Å². The topological polar surface area (TPSA) is 66.9 Å². The van der Waals surface area contributed by atoms with E-state index in [9.17, 15) is 13.2 Å². The van der Waals surface area contributed by atoms with E-state index in [0.717, 1.165) is 19.0 Å². The number of rotatable bonds is 2. The standard InChI is InChI=1S/C18H15F3IN5O/c19-18(20,21)15-11(2-1-5-23-15)12-6-13(24-17-14(12)16(22)25-26-17)27-9-3-4-10(27)8-28-7-9/h1-2,5-6,9-10H,3-4,7-8H2,(H,24,25,26). The largest absolute Gasteiger partial charge is 0.433 e. The number of pyridine rings is 2. The van der Waals surface area contributed by atoms with Gasteiger partial charge in [-0.2, -0.15) is 18.3 Å². The maximum atomic E-state index is 13.6. The Labute approximate surface area is 171 Å². The summed E-state index contributed by atoms with van der Waals surface area (Å²) >= 11 is 2.03. The minimum absolute atomic E-state index is 0.0311. The van der Waals surface area contributed by atoms with Crippen LogP contribution in [0.1, 0.15) is 18.5 Å². The minimum Gasteiger partial charge on any atom is -0.377 e. The van der Waals surface area contributed by atoms with E-state index in [4.69, 9.17) is 4.74 Å². The molecule has 5 rings (SSSR count). The molecule has 28 heavy (non-hydrogen) atoms. The molecule has 3 aromatic heterocycles. The fourth-order valence-corrected chi connectivity index (χ4v) is 4.82. The van der Waals surface area contributed by atoms with Crippen LogP contribution in [0.5, 0.6) is 0 Å². The number of hydrogen-bond donors (Lipinski definition) is 1. The molecule has 0 aliphatic carbocycles. The summed E-state index contributed by atoms with van der Waals surface area (Å²) in [5.74, 6) is 0.637. The van der Waals surface area contributed by atoms with Crippen LogP contribution in [-0.4, -0.2) is 45.5 Å².